The van der Waals surface area contributed by atoms with Crippen LogP contribution in [0, 0.1) is 6.92 Å². The number of amides is 2. The zero-order valence-corrected chi connectivity index (χ0v) is 17.2. The number of imidazole rings is 1. The Morgan fingerprint density at radius 3 is 2.63 bits per heavy atom. The van der Waals surface area contributed by atoms with E-state index < -0.39 is 0 Å². The first-order valence-corrected chi connectivity index (χ1v) is 10.2. The number of piperidine rings is 1. The number of aromatic nitrogens is 3. The number of nitrogens with zero attached hydrogens (tertiary/aromatic N) is 4. The van der Waals surface area contributed by atoms with Gasteiger partial charge in [0.25, 0.3) is 5.91 Å². The van der Waals surface area contributed by atoms with Gasteiger partial charge >= 0.3 is 6.09 Å². The van der Waals surface area contributed by atoms with Crippen molar-refractivity contribution in [3.8, 4) is 11.3 Å². The predicted octanol–water partition coefficient (Wildman–Crippen LogP) is 3.06. The van der Waals surface area contributed by atoms with Gasteiger partial charge in [-0.15, -0.1) is 0 Å². The SMILES string of the molecule is CCOC(=O)N1CCC(NC(=O)c2cn3ccnc(-c4ccc(C)cc4)c3n2)CC1. The Balaban J connectivity index is 1.46. The Labute approximate surface area is 174 Å². The number of benzene rings is 1. The number of nitrogens with one attached hydrogen (secondary N) is 1. The molecule has 1 N–H and O–H groups in total. The molecule has 1 aliphatic heterocycles. The first kappa shape index (κ1) is 19.9. The average Bonchev–Trinajstić information content (AvgIpc) is 3.20. The zero-order chi connectivity index (χ0) is 21.1. The van der Waals surface area contributed by atoms with Gasteiger partial charge in [-0.2, -0.15) is 0 Å². The smallest absolute Gasteiger partial charge is 0.409 e. The van der Waals surface area contributed by atoms with E-state index in [-0.39, 0.29) is 18.0 Å². The number of aryl methyl sites for hydroxylation is 1. The summed E-state index contributed by atoms with van der Waals surface area (Å²) in [7, 11) is 0. The standard InChI is InChI=1S/C22H25N5O3/c1-3-30-22(29)26-11-8-17(9-12-26)24-21(28)18-14-27-13-10-23-19(20(27)25-18)16-6-4-15(2)5-7-16/h4-7,10,13-14,17H,3,8-9,11-12H2,1-2H3,(H,24,28). The molecule has 8 heteroatoms. The highest BCUT2D eigenvalue weighted by Crippen LogP contribution is 2.22. The summed E-state index contributed by atoms with van der Waals surface area (Å²) in [5.74, 6) is -0.219. The van der Waals surface area contributed by atoms with Crippen LogP contribution in [-0.2, 0) is 4.74 Å². The molecule has 1 aromatic carbocycles. The Bertz CT molecular complexity index is 1050. The van der Waals surface area contributed by atoms with Gasteiger partial charge in [-0.05, 0) is 26.7 Å². The summed E-state index contributed by atoms with van der Waals surface area (Å²) >= 11 is 0. The van der Waals surface area contributed by atoms with Crippen molar-refractivity contribution in [2.45, 2.75) is 32.7 Å². The van der Waals surface area contributed by atoms with E-state index in [1.54, 1.807) is 30.4 Å². The molecule has 2 amide bonds. The van der Waals surface area contributed by atoms with Gasteiger partial charge in [0.05, 0.1) is 6.61 Å². The molecule has 156 valence electrons. The monoisotopic (exact) mass is 407 g/mol. The number of carbonyl (C=O) groups excluding carboxylic acids is 2. The summed E-state index contributed by atoms with van der Waals surface area (Å²) in [6.07, 6.45) is 6.30. The number of ether oxygens (including phenoxy) is 1. The molecule has 30 heavy (non-hydrogen) atoms. The molecule has 0 unspecified atom stereocenters. The summed E-state index contributed by atoms with van der Waals surface area (Å²) in [4.78, 5) is 35.3. The fraction of sp³-hybridized carbons (Fsp3) is 0.364. The maximum Gasteiger partial charge on any atom is 0.409 e. The van der Waals surface area contributed by atoms with E-state index in [1.807, 2.05) is 35.6 Å². The molecular weight excluding hydrogens is 382 g/mol. The van der Waals surface area contributed by atoms with Crippen molar-refractivity contribution in [2.75, 3.05) is 19.7 Å². The summed E-state index contributed by atoms with van der Waals surface area (Å²) < 4.78 is 6.86. The Morgan fingerprint density at radius 2 is 1.93 bits per heavy atom. The van der Waals surface area contributed by atoms with E-state index in [9.17, 15) is 9.59 Å². The van der Waals surface area contributed by atoms with E-state index in [4.69, 9.17) is 4.74 Å². The second-order valence-corrected chi connectivity index (χ2v) is 7.43. The van der Waals surface area contributed by atoms with E-state index in [0.717, 1.165) is 11.3 Å². The number of fused-ring (bicyclic) bond motifs is 1. The van der Waals surface area contributed by atoms with Crippen molar-refractivity contribution < 1.29 is 14.3 Å². The van der Waals surface area contributed by atoms with Gasteiger partial charge < -0.3 is 19.4 Å². The van der Waals surface area contributed by atoms with Crippen LogP contribution in [0.3, 0.4) is 0 Å². The van der Waals surface area contributed by atoms with Crippen molar-refractivity contribution in [1.82, 2.24) is 24.6 Å². The van der Waals surface area contributed by atoms with Gasteiger partial charge in [-0.3, -0.25) is 9.78 Å². The highest BCUT2D eigenvalue weighted by Gasteiger charge is 2.25. The van der Waals surface area contributed by atoms with Crippen LogP contribution in [0.4, 0.5) is 4.79 Å². The molecule has 3 aromatic rings. The first-order valence-electron chi connectivity index (χ1n) is 10.2. The molecule has 0 aliphatic carbocycles. The highest BCUT2D eigenvalue weighted by atomic mass is 16.6. The fourth-order valence-electron chi connectivity index (χ4n) is 3.62. The second kappa shape index (κ2) is 8.52. The molecule has 3 heterocycles. The van der Waals surface area contributed by atoms with E-state index >= 15 is 0 Å². The van der Waals surface area contributed by atoms with Crippen LogP contribution in [0.5, 0.6) is 0 Å². The predicted molar refractivity (Wildman–Crippen MR) is 112 cm³/mol. The molecular formula is C22H25N5O3. The van der Waals surface area contributed by atoms with Crippen molar-refractivity contribution in [1.29, 1.82) is 0 Å². The average molecular weight is 407 g/mol. The van der Waals surface area contributed by atoms with E-state index in [0.29, 0.717) is 43.9 Å². The Morgan fingerprint density at radius 1 is 1.20 bits per heavy atom. The summed E-state index contributed by atoms with van der Waals surface area (Å²) in [6.45, 7) is 5.32. The number of rotatable bonds is 4. The van der Waals surface area contributed by atoms with Crippen LogP contribution < -0.4 is 5.32 Å². The minimum absolute atomic E-state index is 0.00248. The van der Waals surface area contributed by atoms with Crippen LogP contribution >= 0.6 is 0 Å². The lowest BCUT2D eigenvalue weighted by Gasteiger charge is -2.31. The lowest BCUT2D eigenvalue weighted by molar-refractivity contribution is 0.0857. The topological polar surface area (TPSA) is 88.8 Å². The molecule has 1 fully saturated rings. The van der Waals surface area contributed by atoms with Crippen molar-refractivity contribution in [2.24, 2.45) is 0 Å². The van der Waals surface area contributed by atoms with Gasteiger partial charge in [-0.1, -0.05) is 29.8 Å². The minimum atomic E-state index is -0.293. The lowest BCUT2D eigenvalue weighted by Crippen LogP contribution is -2.46. The third-order valence-electron chi connectivity index (χ3n) is 5.29. The summed E-state index contributed by atoms with van der Waals surface area (Å²) in [6, 6.07) is 8.06. The quantitative estimate of drug-likeness (QED) is 0.718. The zero-order valence-electron chi connectivity index (χ0n) is 17.2. The number of hydrogen-bond acceptors (Lipinski definition) is 5. The van der Waals surface area contributed by atoms with Crippen molar-refractivity contribution in [3.05, 3.63) is 54.1 Å². The van der Waals surface area contributed by atoms with E-state index in [2.05, 4.69) is 15.3 Å². The third kappa shape index (κ3) is 4.12. The first-order chi connectivity index (χ1) is 14.5. The van der Waals surface area contributed by atoms with Crippen molar-refractivity contribution >= 4 is 17.6 Å². The van der Waals surface area contributed by atoms with Crippen LogP contribution in [0.15, 0.2) is 42.9 Å². The molecule has 0 saturated carbocycles. The van der Waals surface area contributed by atoms with Gasteiger partial charge in [0.1, 0.15) is 11.4 Å². The second-order valence-electron chi connectivity index (χ2n) is 7.43. The van der Waals surface area contributed by atoms with Gasteiger partial charge in [0.2, 0.25) is 0 Å². The Hall–Kier alpha value is -3.42. The van der Waals surface area contributed by atoms with Crippen molar-refractivity contribution in [3.63, 3.8) is 0 Å². The highest BCUT2D eigenvalue weighted by molar-refractivity contribution is 5.93. The number of carbonyl (C=O) groups is 2. The van der Waals surface area contributed by atoms with Crippen LogP contribution in [-0.4, -0.2) is 57.0 Å². The number of hydrogen-bond donors (Lipinski definition) is 1. The molecule has 1 aliphatic rings. The fourth-order valence-corrected chi connectivity index (χ4v) is 3.62. The molecule has 0 bridgehead atoms. The van der Waals surface area contributed by atoms with Gasteiger partial charge in [0, 0.05) is 43.3 Å². The van der Waals surface area contributed by atoms with Crippen LogP contribution in [0.1, 0.15) is 35.8 Å². The van der Waals surface area contributed by atoms with Gasteiger partial charge in [-0.25, -0.2) is 9.78 Å². The molecule has 0 atom stereocenters. The minimum Gasteiger partial charge on any atom is -0.450 e. The van der Waals surface area contributed by atoms with Crippen LogP contribution in [0.25, 0.3) is 16.9 Å². The van der Waals surface area contributed by atoms with Gasteiger partial charge in [0.15, 0.2) is 5.65 Å². The van der Waals surface area contributed by atoms with Crippen LogP contribution in [0.2, 0.25) is 0 Å². The molecule has 4 rings (SSSR count). The maximum absolute atomic E-state index is 12.8. The van der Waals surface area contributed by atoms with E-state index in [1.165, 1.54) is 5.56 Å². The number of likely N-dealkylation sites (tertiary alicyclic amines) is 1. The molecule has 0 radical (unpaired) electrons. The Kier molecular flexibility index (Phi) is 5.65. The molecule has 8 nitrogen and oxygen atoms in total. The third-order valence-corrected chi connectivity index (χ3v) is 5.29. The summed E-state index contributed by atoms with van der Waals surface area (Å²) in [5.41, 5.74) is 3.85. The lowest BCUT2D eigenvalue weighted by atomic mass is 10.1. The molecule has 1 saturated heterocycles. The largest absolute Gasteiger partial charge is 0.450 e. The normalized spacial score (nSPS) is 14.7. The molecule has 2 aromatic heterocycles. The summed E-state index contributed by atoms with van der Waals surface area (Å²) in [5, 5.41) is 3.04. The molecule has 0 spiro atoms. The maximum atomic E-state index is 12.8.